The molecule has 0 aliphatic carbocycles. The molecule has 2 atom stereocenters. The SMILES string of the molecule is CC1COC(CO)CN1Cc1c(F)cccc1Br. The Balaban J connectivity index is 2.12. The standard InChI is InChI=1S/C13H17BrFNO2/c1-9-8-18-10(7-17)5-16(9)6-11-12(14)3-2-4-13(11)15/h2-4,9-10,17H,5-8H2,1H3. The van der Waals surface area contributed by atoms with Crippen LogP contribution in [-0.4, -0.2) is 41.9 Å². The molecule has 0 amide bonds. The molecule has 2 rings (SSSR count). The fraction of sp³-hybridized carbons (Fsp3) is 0.538. The number of halogens is 2. The first-order valence-electron chi connectivity index (χ1n) is 6.01. The van der Waals surface area contributed by atoms with Crippen LogP contribution in [0.25, 0.3) is 0 Å². The maximum Gasteiger partial charge on any atom is 0.128 e. The van der Waals surface area contributed by atoms with E-state index in [1.165, 1.54) is 6.07 Å². The van der Waals surface area contributed by atoms with Crippen molar-refractivity contribution in [2.45, 2.75) is 25.6 Å². The third-order valence-electron chi connectivity index (χ3n) is 3.26. The summed E-state index contributed by atoms with van der Waals surface area (Å²) in [5.41, 5.74) is 0.655. The zero-order valence-electron chi connectivity index (χ0n) is 10.3. The molecule has 1 saturated heterocycles. The van der Waals surface area contributed by atoms with E-state index in [2.05, 4.69) is 20.8 Å². The highest BCUT2D eigenvalue weighted by Crippen LogP contribution is 2.23. The van der Waals surface area contributed by atoms with Crippen LogP contribution in [0, 0.1) is 5.82 Å². The normalized spacial score (nSPS) is 25.3. The van der Waals surface area contributed by atoms with Crippen molar-refractivity contribution in [2.75, 3.05) is 19.8 Å². The first kappa shape index (κ1) is 13.9. The summed E-state index contributed by atoms with van der Waals surface area (Å²) in [7, 11) is 0. The Morgan fingerprint density at radius 2 is 2.33 bits per heavy atom. The maximum atomic E-state index is 13.8. The van der Waals surface area contributed by atoms with Crippen LogP contribution in [0.4, 0.5) is 4.39 Å². The molecule has 1 N–H and O–H groups in total. The molecule has 0 saturated carbocycles. The Kier molecular flexibility index (Phi) is 4.72. The molecular weight excluding hydrogens is 301 g/mol. The molecule has 1 aliphatic heterocycles. The summed E-state index contributed by atoms with van der Waals surface area (Å²) in [6.07, 6.45) is -0.174. The summed E-state index contributed by atoms with van der Waals surface area (Å²) in [4.78, 5) is 2.13. The molecule has 1 fully saturated rings. The first-order chi connectivity index (χ1) is 8.61. The largest absolute Gasteiger partial charge is 0.394 e. The molecule has 1 aromatic carbocycles. The van der Waals surface area contributed by atoms with Crippen LogP contribution in [0.5, 0.6) is 0 Å². The lowest BCUT2D eigenvalue weighted by molar-refractivity contribution is -0.0808. The Bertz CT molecular complexity index is 396. The summed E-state index contributed by atoms with van der Waals surface area (Å²) in [5.74, 6) is -0.205. The Morgan fingerprint density at radius 3 is 3.00 bits per heavy atom. The third-order valence-corrected chi connectivity index (χ3v) is 4.00. The average molecular weight is 318 g/mol. The second-order valence-corrected chi connectivity index (χ2v) is 5.47. The topological polar surface area (TPSA) is 32.7 Å². The summed E-state index contributed by atoms with van der Waals surface area (Å²) < 4.78 is 20.0. The smallest absolute Gasteiger partial charge is 0.128 e. The lowest BCUT2D eigenvalue weighted by Crippen LogP contribution is -2.49. The molecule has 0 radical (unpaired) electrons. The van der Waals surface area contributed by atoms with Gasteiger partial charge in [-0.25, -0.2) is 4.39 Å². The molecular formula is C13H17BrFNO2. The fourth-order valence-electron chi connectivity index (χ4n) is 2.09. The van der Waals surface area contributed by atoms with Gasteiger partial charge in [0.1, 0.15) is 5.82 Å². The molecule has 2 unspecified atom stereocenters. The predicted molar refractivity (Wildman–Crippen MR) is 70.8 cm³/mol. The highest BCUT2D eigenvalue weighted by molar-refractivity contribution is 9.10. The third kappa shape index (κ3) is 3.09. The minimum atomic E-state index is -0.205. The number of aliphatic hydroxyl groups excluding tert-OH is 1. The summed E-state index contributed by atoms with van der Waals surface area (Å²) in [6.45, 7) is 3.76. The van der Waals surface area contributed by atoms with Crippen LogP contribution >= 0.6 is 15.9 Å². The zero-order chi connectivity index (χ0) is 13.1. The number of hydrogen-bond donors (Lipinski definition) is 1. The second-order valence-electron chi connectivity index (χ2n) is 4.62. The van der Waals surface area contributed by atoms with Crippen LogP contribution in [0.15, 0.2) is 22.7 Å². The summed E-state index contributed by atoms with van der Waals surface area (Å²) in [5, 5.41) is 9.14. The molecule has 0 aromatic heterocycles. The molecule has 18 heavy (non-hydrogen) atoms. The van der Waals surface area contributed by atoms with E-state index in [-0.39, 0.29) is 24.6 Å². The Morgan fingerprint density at radius 1 is 1.56 bits per heavy atom. The van der Waals surface area contributed by atoms with Gasteiger partial charge >= 0.3 is 0 Å². The number of ether oxygens (including phenoxy) is 1. The summed E-state index contributed by atoms with van der Waals surface area (Å²) >= 11 is 3.38. The van der Waals surface area contributed by atoms with Crippen molar-refractivity contribution in [1.29, 1.82) is 0 Å². The highest BCUT2D eigenvalue weighted by atomic mass is 79.9. The van der Waals surface area contributed by atoms with Gasteiger partial charge in [0.2, 0.25) is 0 Å². The first-order valence-corrected chi connectivity index (χ1v) is 6.80. The fourth-order valence-corrected chi connectivity index (χ4v) is 2.56. The van der Waals surface area contributed by atoms with Crippen LogP contribution in [0.2, 0.25) is 0 Å². The van der Waals surface area contributed by atoms with E-state index in [4.69, 9.17) is 9.84 Å². The molecule has 1 aromatic rings. The number of benzene rings is 1. The van der Waals surface area contributed by atoms with Crippen molar-refractivity contribution in [2.24, 2.45) is 0 Å². The van der Waals surface area contributed by atoms with Gasteiger partial charge in [0, 0.05) is 29.2 Å². The summed E-state index contributed by atoms with van der Waals surface area (Å²) in [6, 6.07) is 5.21. The van der Waals surface area contributed by atoms with E-state index in [9.17, 15) is 4.39 Å². The van der Waals surface area contributed by atoms with Crippen molar-refractivity contribution in [3.63, 3.8) is 0 Å². The number of rotatable bonds is 3. The van der Waals surface area contributed by atoms with E-state index in [1.807, 2.05) is 13.0 Å². The lowest BCUT2D eigenvalue weighted by Gasteiger charge is -2.37. The van der Waals surface area contributed by atoms with Gasteiger partial charge in [-0.05, 0) is 19.1 Å². The van der Waals surface area contributed by atoms with Gasteiger partial charge in [0.05, 0.1) is 19.3 Å². The van der Waals surface area contributed by atoms with Crippen LogP contribution in [0.1, 0.15) is 12.5 Å². The van der Waals surface area contributed by atoms with Gasteiger partial charge in [0.15, 0.2) is 0 Å². The molecule has 1 heterocycles. The van der Waals surface area contributed by atoms with Gasteiger partial charge < -0.3 is 9.84 Å². The highest BCUT2D eigenvalue weighted by Gasteiger charge is 2.26. The van der Waals surface area contributed by atoms with Crippen LogP contribution < -0.4 is 0 Å². The van der Waals surface area contributed by atoms with Crippen LogP contribution in [-0.2, 0) is 11.3 Å². The van der Waals surface area contributed by atoms with Gasteiger partial charge in [-0.15, -0.1) is 0 Å². The van der Waals surface area contributed by atoms with Crippen molar-refractivity contribution >= 4 is 15.9 Å². The van der Waals surface area contributed by atoms with Crippen molar-refractivity contribution in [3.8, 4) is 0 Å². The van der Waals surface area contributed by atoms with Gasteiger partial charge in [0.25, 0.3) is 0 Å². The minimum Gasteiger partial charge on any atom is -0.394 e. The predicted octanol–water partition coefficient (Wildman–Crippen LogP) is 2.17. The second kappa shape index (κ2) is 6.10. The quantitative estimate of drug-likeness (QED) is 0.927. The molecule has 1 aliphatic rings. The van der Waals surface area contributed by atoms with Gasteiger partial charge in [-0.2, -0.15) is 0 Å². The number of morpholine rings is 1. The van der Waals surface area contributed by atoms with Gasteiger partial charge in [-0.3, -0.25) is 4.90 Å². The van der Waals surface area contributed by atoms with Crippen LogP contribution in [0.3, 0.4) is 0 Å². The molecule has 100 valence electrons. The molecule has 0 spiro atoms. The lowest BCUT2D eigenvalue weighted by atomic mass is 10.1. The minimum absolute atomic E-state index is 0.00165. The Hall–Kier alpha value is -0.490. The van der Waals surface area contributed by atoms with Gasteiger partial charge in [-0.1, -0.05) is 22.0 Å². The van der Waals surface area contributed by atoms with Crippen molar-refractivity contribution in [1.82, 2.24) is 4.90 Å². The molecule has 3 nitrogen and oxygen atoms in total. The van der Waals surface area contributed by atoms with E-state index >= 15 is 0 Å². The van der Waals surface area contributed by atoms with E-state index in [0.29, 0.717) is 25.3 Å². The number of hydrogen-bond acceptors (Lipinski definition) is 3. The van der Waals surface area contributed by atoms with Crippen molar-refractivity contribution < 1.29 is 14.2 Å². The number of aliphatic hydroxyl groups is 1. The molecule has 5 heteroatoms. The zero-order valence-corrected chi connectivity index (χ0v) is 11.9. The molecule has 0 bridgehead atoms. The monoisotopic (exact) mass is 317 g/mol. The van der Waals surface area contributed by atoms with E-state index in [0.717, 1.165) is 4.47 Å². The number of nitrogens with zero attached hydrogens (tertiary/aromatic N) is 1. The average Bonchev–Trinajstić information content (AvgIpc) is 2.36. The van der Waals surface area contributed by atoms with E-state index in [1.54, 1.807) is 6.07 Å². The van der Waals surface area contributed by atoms with E-state index < -0.39 is 0 Å². The Labute approximate surface area is 115 Å². The maximum absolute atomic E-state index is 13.8. The van der Waals surface area contributed by atoms with Crippen molar-refractivity contribution in [3.05, 3.63) is 34.1 Å².